The van der Waals surface area contributed by atoms with Gasteiger partial charge < -0.3 is 14.8 Å². The number of hydrogen-bond donors (Lipinski definition) is 2. The van der Waals surface area contributed by atoms with Crippen LogP contribution in [0.15, 0.2) is 12.1 Å². The Kier molecular flexibility index (Phi) is 4.37. The molecule has 0 saturated heterocycles. The van der Waals surface area contributed by atoms with E-state index in [1.165, 1.54) is 11.1 Å². The number of fused-ring (bicyclic) bond motifs is 2. The van der Waals surface area contributed by atoms with Gasteiger partial charge in [-0.2, -0.15) is 5.10 Å². The van der Waals surface area contributed by atoms with Crippen LogP contribution >= 0.6 is 0 Å². The molecule has 1 aliphatic rings. The van der Waals surface area contributed by atoms with Crippen LogP contribution in [0.1, 0.15) is 36.2 Å². The van der Waals surface area contributed by atoms with E-state index in [9.17, 15) is 4.79 Å². The van der Waals surface area contributed by atoms with Gasteiger partial charge in [0.05, 0.1) is 17.6 Å². The molecule has 1 aromatic carbocycles. The van der Waals surface area contributed by atoms with E-state index in [4.69, 9.17) is 4.98 Å². The maximum atomic E-state index is 12.8. The summed E-state index contributed by atoms with van der Waals surface area (Å²) in [6, 6.07) is 4.31. The summed E-state index contributed by atoms with van der Waals surface area (Å²) in [5.41, 5.74) is 7.39. The van der Waals surface area contributed by atoms with Crippen LogP contribution in [-0.4, -0.2) is 55.6 Å². The maximum absolute atomic E-state index is 12.8. The molecule has 0 aliphatic carbocycles. The van der Waals surface area contributed by atoms with Gasteiger partial charge in [-0.05, 0) is 51.0 Å². The van der Waals surface area contributed by atoms with Gasteiger partial charge >= 0.3 is 6.03 Å². The first-order valence-electron chi connectivity index (χ1n) is 9.59. The van der Waals surface area contributed by atoms with Crippen molar-refractivity contribution in [2.75, 3.05) is 19.6 Å². The molecular formula is C20H26N6O. The Labute approximate surface area is 158 Å². The fraction of sp³-hybridized carbons (Fsp3) is 0.450. The number of benzene rings is 1. The number of aromatic amines is 2. The number of aromatic nitrogens is 4. The zero-order chi connectivity index (χ0) is 19.1. The van der Waals surface area contributed by atoms with Gasteiger partial charge in [0.15, 0.2) is 5.82 Å². The Balaban J connectivity index is 1.68. The van der Waals surface area contributed by atoms with Crippen LogP contribution in [0.4, 0.5) is 4.79 Å². The largest absolute Gasteiger partial charge is 0.337 e. The smallest absolute Gasteiger partial charge is 0.320 e. The van der Waals surface area contributed by atoms with Crippen LogP contribution in [0.5, 0.6) is 0 Å². The van der Waals surface area contributed by atoms with E-state index < -0.39 is 0 Å². The summed E-state index contributed by atoms with van der Waals surface area (Å²) in [6.07, 6.45) is 0.786. The van der Waals surface area contributed by atoms with Gasteiger partial charge in [0.1, 0.15) is 5.69 Å². The van der Waals surface area contributed by atoms with Crippen LogP contribution in [0.3, 0.4) is 0 Å². The summed E-state index contributed by atoms with van der Waals surface area (Å²) < 4.78 is 0. The minimum absolute atomic E-state index is 0.0913. The van der Waals surface area contributed by atoms with Crippen molar-refractivity contribution in [2.45, 2.75) is 40.7 Å². The SMILES string of the molecule is CCN(CC)C(=O)N1CCc2[nH]nc(-c3nc4cc(C)c(C)cc4[nH]3)c2C1. The highest BCUT2D eigenvalue weighted by molar-refractivity contribution is 5.81. The molecule has 142 valence electrons. The fourth-order valence-electron chi connectivity index (χ4n) is 3.73. The van der Waals surface area contributed by atoms with E-state index >= 15 is 0 Å². The summed E-state index contributed by atoms with van der Waals surface area (Å²) in [5.74, 6) is 0.754. The van der Waals surface area contributed by atoms with Crippen LogP contribution in [0.2, 0.25) is 0 Å². The molecule has 7 heteroatoms. The molecular weight excluding hydrogens is 340 g/mol. The molecule has 0 radical (unpaired) electrons. The average molecular weight is 366 g/mol. The normalized spacial score (nSPS) is 13.9. The van der Waals surface area contributed by atoms with Crippen molar-refractivity contribution in [3.63, 3.8) is 0 Å². The molecule has 2 aromatic heterocycles. The predicted octanol–water partition coefficient (Wildman–Crippen LogP) is 3.39. The number of amides is 2. The molecule has 2 amide bonds. The van der Waals surface area contributed by atoms with E-state index in [0.29, 0.717) is 13.1 Å². The third kappa shape index (κ3) is 2.97. The van der Waals surface area contributed by atoms with Crippen molar-refractivity contribution in [1.29, 1.82) is 0 Å². The van der Waals surface area contributed by atoms with Gasteiger partial charge in [0, 0.05) is 37.3 Å². The molecule has 3 heterocycles. The van der Waals surface area contributed by atoms with Crippen LogP contribution < -0.4 is 0 Å². The fourth-order valence-corrected chi connectivity index (χ4v) is 3.73. The molecule has 0 spiro atoms. The Bertz CT molecular complexity index is 958. The zero-order valence-corrected chi connectivity index (χ0v) is 16.4. The second kappa shape index (κ2) is 6.72. The lowest BCUT2D eigenvalue weighted by atomic mass is 10.1. The summed E-state index contributed by atoms with van der Waals surface area (Å²) in [5, 5.41) is 7.66. The summed E-state index contributed by atoms with van der Waals surface area (Å²) in [7, 11) is 0. The van der Waals surface area contributed by atoms with E-state index in [0.717, 1.165) is 53.3 Å². The number of nitrogens with zero attached hydrogens (tertiary/aromatic N) is 4. The second-order valence-electron chi connectivity index (χ2n) is 7.19. The molecule has 0 saturated carbocycles. The van der Waals surface area contributed by atoms with Crippen LogP contribution in [0, 0.1) is 13.8 Å². The van der Waals surface area contributed by atoms with Crippen molar-refractivity contribution < 1.29 is 4.79 Å². The predicted molar refractivity (Wildman–Crippen MR) is 106 cm³/mol. The van der Waals surface area contributed by atoms with E-state index in [1.54, 1.807) is 0 Å². The topological polar surface area (TPSA) is 80.9 Å². The van der Waals surface area contributed by atoms with Gasteiger partial charge in [-0.1, -0.05) is 0 Å². The van der Waals surface area contributed by atoms with Gasteiger partial charge in [0.2, 0.25) is 0 Å². The number of carbonyl (C=O) groups is 1. The Morgan fingerprint density at radius 2 is 1.96 bits per heavy atom. The monoisotopic (exact) mass is 366 g/mol. The van der Waals surface area contributed by atoms with Crippen molar-refractivity contribution in [2.24, 2.45) is 0 Å². The molecule has 2 N–H and O–H groups in total. The number of aryl methyl sites for hydroxylation is 2. The van der Waals surface area contributed by atoms with Crippen molar-refractivity contribution in [3.8, 4) is 11.5 Å². The molecule has 0 atom stereocenters. The molecule has 4 rings (SSSR count). The Morgan fingerprint density at radius 1 is 1.22 bits per heavy atom. The number of carbonyl (C=O) groups excluding carboxylic acids is 1. The number of nitrogens with one attached hydrogen (secondary N) is 2. The highest BCUT2D eigenvalue weighted by atomic mass is 16.2. The number of H-pyrrole nitrogens is 2. The van der Waals surface area contributed by atoms with Crippen molar-refractivity contribution in [1.82, 2.24) is 30.0 Å². The first-order chi connectivity index (χ1) is 13.0. The van der Waals surface area contributed by atoms with E-state index in [-0.39, 0.29) is 6.03 Å². The standard InChI is InChI=1S/C20H26N6O/c1-5-25(6-2)20(27)26-8-7-15-14(11-26)18(24-23-15)19-21-16-9-12(3)13(4)10-17(16)22-19/h9-10H,5-8,11H2,1-4H3,(H,21,22)(H,23,24). The van der Waals surface area contributed by atoms with E-state index in [1.807, 2.05) is 23.6 Å². The van der Waals surface area contributed by atoms with Gasteiger partial charge in [-0.15, -0.1) is 0 Å². The summed E-state index contributed by atoms with van der Waals surface area (Å²) >= 11 is 0. The number of urea groups is 1. The molecule has 3 aromatic rings. The third-order valence-electron chi connectivity index (χ3n) is 5.56. The summed E-state index contributed by atoms with van der Waals surface area (Å²) in [6.45, 7) is 10.9. The Morgan fingerprint density at radius 3 is 2.70 bits per heavy atom. The van der Waals surface area contributed by atoms with Gasteiger partial charge in [-0.3, -0.25) is 5.10 Å². The van der Waals surface area contributed by atoms with Crippen LogP contribution in [-0.2, 0) is 13.0 Å². The highest BCUT2D eigenvalue weighted by Crippen LogP contribution is 2.29. The molecule has 0 fully saturated rings. The Hall–Kier alpha value is -2.83. The minimum Gasteiger partial charge on any atom is -0.337 e. The third-order valence-corrected chi connectivity index (χ3v) is 5.56. The lowest BCUT2D eigenvalue weighted by Crippen LogP contribution is -2.45. The van der Waals surface area contributed by atoms with Gasteiger partial charge in [-0.25, -0.2) is 9.78 Å². The lowest BCUT2D eigenvalue weighted by Gasteiger charge is -2.32. The van der Waals surface area contributed by atoms with E-state index in [2.05, 4.69) is 41.2 Å². The number of hydrogen-bond acceptors (Lipinski definition) is 3. The maximum Gasteiger partial charge on any atom is 0.320 e. The van der Waals surface area contributed by atoms with Gasteiger partial charge in [0.25, 0.3) is 0 Å². The van der Waals surface area contributed by atoms with Crippen molar-refractivity contribution >= 4 is 17.1 Å². The zero-order valence-electron chi connectivity index (χ0n) is 16.4. The molecule has 27 heavy (non-hydrogen) atoms. The van der Waals surface area contributed by atoms with Crippen LogP contribution in [0.25, 0.3) is 22.6 Å². The molecule has 0 bridgehead atoms. The first-order valence-corrected chi connectivity index (χ1v) is 9.59. The summed E-state index contributed by atoms with van der Waals surface area (Å²) in [4.78, 5) is 24.7. The average Bonchev–Trinajstić information content (AvgIpc) is 3.26. The minimum atomic E-state index is 0.0913. The molecule has 1 aliphatic heterocycles. The lowest BCUT2D eigenvalue weighted by molar-refractivity contribution is 0.152. The second-order valence-corrected chi connectivity index (χ2v) is 7.19. The molecule has 7 nitrogen and oxygen atoms in total. The van der Waals surface area contributed by atoms with Crippen molar-refractivity contribution in [3.05, 3.63) is 34.5 Å². The molecule has 0 unspecified atom stereocenters. The number of rotatable bonds is 3. The highest BCUT2D eigenvalue weighted by Gasteiger charge is 2.28. The quantitative estimate of drug-likeness (QED) is 0.745. The first kappa shape index (κ1) is 17.6. The number of imidazole rings is 1.